The number of hydrogen-bond donors (Lipinski definition) is 2. The molecule has 0 radical (unpaired) electrons. The van der Waals surface area contributed by atoms with E-state index in [1.54, 1.807) is 0 Å². The predicted octanol–water partition coefficient (Wildman–Crippen LogP) is 2.32. The van der Waals surface area contributed by atoms with Crippen molar-refractivity contribution >= 4 is 5.82 Å². The van der Waals surface area contributed by atoms with Gasteiger partial charge in [0.15, 0.2) is 0 Å². The highest BCUT2D eigenvalue weighted by molar-refractivity contribution is 5.72. The van der Waals surface area contributed by atoms with Gasteiger partial charge in [0.25, 0.3) is 0 Å². The van der Waals surface area contributed by atoms with Gasteiger partial charge in [-0.2, -0.15) is 10.4 Å². The largest absolute Gasteiger partial charge is 0.383 e. The number of anilines is 1. The van der Waals surface area contributed by atoms with E-state index < -0.39 is 0 Å². The summed E-state index contributed by atoms with van der Waals surface area (Å²) in [5.41, 5.74) is 8.27. The normalized spacial score (nSPS) is 18.9. The van der Waals surface area contributed by atoms with Gasteiger partial charge in [-0.3, -0.25) is 0 Å². The van der Waals surface area contributed by atoms with E-state index in [-0.39, 0.29) is 6.04 Å². The van der Waals surface area contributed by atoms with Crippen LogP contribution in [0.15, 0.2) is 30.3 Å². The van der Waals surface area contributed by atoms with E-state index in [0.29, 0.717) is 17.1 Å². The first kappa shape index (κ1) is 13.7. The van der Waals surface area contributed by atoms with Crippen molar-refractivity contribution in [2.45, 2.75) is 25.3 Å². The van der Waals surface area contributed by atoms with Crippen molar-refractivity contribution in [1.82, 2.24) is 15.1 Å². The van der Waals surface area contributed by atoms with Crippen LogP contribution in [-0.2, 0) is 0 Å². The van der Waals surface area contributed by atoms with Crippen LogP contribution in [0, 0.1) is 11.3 Å². The van der Waals surface area contributed by atoms with Crippen LogP contribution < -0.4 is 11.1 Å². The Labute approximate surface area is 124 Å². The van der Waals surface area contributed by atoms with Crippen molar-refractivity contribution in [2.24, 2.45) is 0 Å². The van der Waals surface area contributed by atoms with Gasteiger partial charge in [-0.1, -0.05) is 36.8 Å². The summed E-state index contributed by atoms with van der Waals surface area (Å²) >= 11 is 0. The zero-order valence-electron chi connectivity index (χ0n) is 11.9. The molecule has 1 fully saturated rings. The fourth-order valence-corrected chi connectivity index (χ4v) is 2.84. The lowest BCUT2D eigenvalue weighted by molar-refractivity contribution is 0.428. The molecule has 3 N–H and O–H groups in total. The summed E-state index contributed by atoms with van der Waals surface area (Å²) in [5.74, 6) is 0.477. The molecular formula is C16H19N5. The van der Waals surface area contributed by atoms with Gasteiger partial charge in [0, 0.05) is 12.1 Å². The van der Waals surface area contributed by atoms with Crippen LogP contribution in [0.25, 0.3) is 11.3 Å². The van der Waals surface area contributed by atoms with Crippen LogP contribution >= 0.6 is 0 Å². The Morgan fingerprint density at radius 1 is 1.29 bits per heavy atom. The Hall–Kier alpha value is -2.32. The second-order valence-electron chi connectivity index (χ2n) is 5.38. The monoisotopic (exact) mass is 281 g/mol. The summed E-state index contributed by atoms with van der Waals surface area (Å²) in [7, 11) is 0. The smallest absolute Gasteiger partial charge is 0.140 e. The molecule has 21 heavy (non-hydrogen) atoms. The standard InChI is InChI=1S/C16H19N5/c17-10-14-15(12-6-2-1-3-7-12)20-21(16(14)18)13-8-4-5-9-19-11-13/h1-3,6-7,13,19H,4-5,8-9,11,18H2. The Balaban J connectivity index is 2.03. The molecule has 1 aromatic carbocycles. The first-order valence-corrected chi connectivity index (χ1v) is 7.35. The molecule has 0 spiro atoms. The lowest BCUT2D eigenvalue weighted by Gasteiger charge is -2.16. The summed E-state index contributed by atoms with van der Waals surface area (Å²) in [4.78, 5) is 0. The van der Waals surface area contributed by atoms with Gasteiger partial charge in [-0.25, -0.2) is 4.68 Å². The number of rotatable bonds is 2. The molecule has 1 saturated heterocycles. The van der Waals surface area contributed by atoms with Crippen LogP contribution in [0.2, 0.25) is 0 Å². The highest BCUT2D eigenvalue weighted by Crippen LogP contribution is 2.30. The molecule has 108 valence electrons. The Kier molecular flexibility index (Phi) is 3.89. The number of nitrogens with zero attached hydrogens (tertiary/aromatic N) is 3. The summed E-state index contributed by atoms with van der Waals surface area (Å²) < 4.78 is 1.83. The molecule has 2 aromatic rings. The number of nitrogens with one attached hydrogen (secondary N) is 1. The molecule has 5 heteroatoms. The van der Waals surface area contributed by atoms with Crippen LogP contribution in [0.1, 0.15) is 30.9 Å². The van der Waals surface area contributed by atoms with Gasteiger partial charge in [-0.05, 0) is 19.4 Å². The quantitative estimate of drug-likeness (QED) is 0.885. The molecule has 1 atom stereocenters. The zero-order chi connectivity index (χ0) is 14.7. The fraction of sp³-hybridized carbons (Fsp3) is 0.375. The molecular weight excluding hydrogens is 262 g/mol. The fourth-order valence-electron chi connectivity index (χ4n) is 2.84. The molecule has 1 aliphatic heterocycles. The second kappa shape index (κ2) is 5.98. The van der Waals surface area contributed by atoms with E-state index in [4.69, 9.17) is 5.73 Å². The summed E-state index contributed by atoms with van der Waals surface area (Å²) in [6.07, 6.45) is 3.37. The molecule has 1 aliphatic rings. The van der Waals surface area contributed by atoms with E-state index in [9.17, 15) is 5.26 Å². The van der Waals surface area contributed by atoms with Gasteiger partial charge in [0.2, 0.25) is 0 Å². The minimum atomic E-state index is 0.220. The Morgan fingerprint density at radius 2 is 2.10 bits per heavy atom. The molecule has 3 rings (SSSR count). The molecule has 0 amide bonds. The number of aromatic nitrogens is 2. The van der Waals surface area contributed by atoms with E-state index in [0.717, 1.165) is 31.5 Å². The molecule has 0 aliphatic carbocycles. The number of nitrogens with two attached hydrogens (primary N) is 1. The van der Waals surface area contributed by atoms with Gasteiger partial charge in [0.05, 0.1) is 6.04 Å². The average molecular weight is 281 g/mol. The van der Waals surface area contributed by atoms with E-state index >= 15 is 0 Å². The third-order valence-corrected chi connectivity index (χ3v) is 3.97. The van der Waals surface area contributed by atoms with E-state index in [1.807, 2.05) is 35.0 Å². The topological polar surface area (TPSA) is 79.7 Å². The molecule has 1 aromatic heterocycles. The lowest BCUT2D eigenvalue weighted by atomic mass is 10.1. The predicted molar refractivity (Wildman–Crippen MR) is 82.5 cm³/mol. The van der Waals surface area contributed by atoms with Gasteiger partial charge in [0.1, 0.15) is 23.1 Å². The van der Waals surface area contributed by atoms with Crippen molar-refractivity contribution in [3.05, 3.63) is 35.9 Å². The van der Waals surface area contributed by atoms with Crippen LogP contribution in [0.3, 0.4) is 0 Å². The SMILES string of the molecule is N#Cc1c(-c2ccccc2)nn(C2CCCCNC2)c1N. The first-order chi connectivity index (χ1) is 10.3. The Bertz CT molecular complexity index is 645. The summed E-state index contributed by atoms with van der Waals surface area (Å²) in [5, 5.41) is 17.5. The third-order valence-electron chi connectivity index (χ3n) is 3.97. The molecule has 5 nitrogen and oxygen atoms in total. The van der Waals surface area contributed by atoms with Crippen LogP contribution in [0.4, 0.5) is 5.82 Å². The minimum Gasteiger partial charge on any atom is -0.383 e. The Morgan fingerprint density at radius 3 is 2.86 bits per heavy atom. The molecule has 1 unspecified atom stereocenters. The first-order valence-electron chi connectivity index (χ1n) is 7.35. The maximum absolute atomic E-state index is 9.43. The number of hydrogen-bond acceptors (Lipinski definition) is 4. The van der Waals surface area contributed by atoms with E-state index in [2.05, 4.69) is 16.5 Å². The van der Waals surface area contributed by atoms with Crippen molar-refractivity contribution < 1.29 is 0 Å². The molecule has 2 heterocycles. The maximum Gasteiger partial charge on any atom is 0.140 e. The van der Waals surface area contributed by atoms with Crippen molar-refractivity contribution in [1.29, 1.82) is 5.26 Å². The lowest BCUT2D eigenvalue weighted by Crippen LogP contribution is -2.25. The molecule has 0 bridgehead atoms. The van der Waals surface area contributed by atoms with Crippen molar-refractivity contribution in [3.8, 4) is 17.3 Å². The highest BCUT2D eigenvalue weighted by atomic mass is 15.3. The van der Waals surface area contributed by atoms with E-state index in [1.165, 1.54) is 6.42 Å². The van der Waals surface area contributed by atoms with Gasteiger partial charge >= 0.3 is 0 Å². The van der Waals surface area contributed by atoms with Crippen molar-refractivity contribution in [2.75, 3.05) is 18.8 Å². The zero-order valence-corrected chi connectivity index (χ0v) is 11.9. The van der Waals surface area contributed by atoms with Crippen LogP contribution in [0.5, 0.6) is 0 Å². The number of nitriles is 1. The maximum atomic E-state index is 9.43. The average Bonchev–Trinajstić information content (AvgIpc) is 2.70. The summed E-state index contributed by atoms with van der Waals surface area (Å²) in [6.45, 7) is 1.89. The van der Waals surface area contributed by atoms with Crippen molar-refractivity contribution in [3.63, 3.8) is 0 Å². The molecule has 0 saturated carbocycles. The third kappa shape index (κ3) is 2.63. The number of benzene rings is 1. The minimum absolute atomic E-state index is 0.220. The van der Waals surface area contributed by atoms with Crippen LogP contribution in [-0.4, -0.2) is 22.9 Å². The summed E-state index contributed by atoms with van der Waals surface area (Å²) in [6, 6.07) is 12.2. The van der Waals surface area contributed by atoms with Gasteiger partial charge < -0.3 is 11.1 Å². The van der Waals surface area contributed by atoms with Gasteiger partial charge in [-0.15, -0.1) is 0 Å². The highest BCUT2D eigenvalue weighted by Gasteiger charge is 2.22. The second-order valence-corrected chi connectivity index (χ2v) is 5.38. The number of nitrogen functional groups attached to an aromatic ring is 1.